The molecule has 0 saturated carbocycles. The van der Waals surface area contributed by atoms with E-state index in [4.69, 9.17) is 44.3 Å². The van der Waals surface area contributed by atoms with Gasteiger partial charge >= 0.3 is 5.97 Å². The van der Waals surface area contributed by atoms with Crippen molar-refractivity contribution in [3.63, 3.8) is 0 Å². The lowest BCUT2D eigenvalue weighted by atomic mass is 10.00. The SMILES string of the molecule is C=C1N2C(=O)C(NC(=O)C(OC=O)c3ccccc3)[C@H]2SC1(C)C(=O)OCC(Cl)(Cl)Cl. The molecule has 2 amide bonds. The number of fused-ring (bicyclic) bond motifs is 1. The van der Waals surface area contributed by atoms with Gasteiger partial charge in [-0.15, -0.1) is 11.8 Å². The van der Waals surface area contributed by atoms with Gasteiger partial charge in [0, 0.05) is 11.3 Å². The summed E-state index contributed by atoms with van der Waals surface area (Å²) in [6.45, 7) is 5.06. The number of ether oxygens (including phenoxy) is 2. The quantitative estimate of drug-likeness (QED) is 0.262. The maximum atomic E-state index is 12.7. The van der Waals surface area contributed by atoms with Crippen molar-refractivity contribution in [2.45, 2.75) is 33.0 Å². The summed E-state index contributed by atoms with van der Waals surface area (Å²) >= 11 is 17.9. The minimum atomic E-state index is -1.78. The van der Waals surface area contributed by atoms with Crippen molar-refractivity contribution in [2.24, 2.45) is 0 Å². The second-order valence-electron chi connectivity index (χ2n) is 6.90. The van der Waals surface area contributed by atoms with E-state index in [1.807, 2.05) is 0 Å². The summed E-state index contributed by atoms with van der Waals surface area (Å²) in [7, 11) is 0. The molecule has 31 heavy (non-hydrogen) atoms. The predicted molar refractivity (Wildman–Crippen MR) is 115 cm³/mol. The molecule has 1 N–H and O–H groups in total. The molecule has 0 aliphatic carbocycles. The Morgan fingerprint density at radius 3 is 2.58 bits per heavy atom. The van der Waals surface area contributed by atoms with E-state index in [1.165, 1.54) is 11.8 Å². The van der Waals surface area contributed by atoms with Crippen molar-refractivity contribution in [3.05, 3.63) is 48.2 Å². The van der Waals surface area contributed by atoms with Crippen LogP contribution < -0.4 is 5.32 Å². The molecule has 8 nitrogen and oxygen atoms in total. The Morgan fingerprint density at radius 2 is 2.00 bits per heavy atom. The Morgan fingerprint density at radius 1 is 1.35 bits per heavy atom. The van der Waals surface area contributed by atoms with E-state index in [0.717, 1.165) is 11.8 Å². The van der Waals surface area contributed by atoms with Crippen molar-refractivity contribution >= 4 is 70.8 Å². The van der Waals surface area contributed by atoms with Crippen LogP contribution in [0.1, 0.15) is 18.6 Å². The predicted octanol–water partition coefficient (Wildman–Crippen LogP) is 2.49. The zero-order chi connectivity index (χ0) is 23.0. The third kappa shape index (κ3) is 4.64. The highest BCUT2D eigenvalue weighted by Gasteiger charge is 2.63. The zero-order valence-electron chi connectivity index (χ0n) is 16.0. The Labute approximate surface area is 197 Å². The number of rotatable bonds is 7. The second kappa shape index (κ2) is 8.90. The van der Waals surface area contributed by atoms with Crippen molar-refractivity contribution < 1.29 is 28.7 Å². The summed E-state index contributed by atoms with van der Waals surface area (Å²) in [6.07, 6.45) is -1.23. The van der Waals surface area contributed by atoms with Gasteiger partial charge in [-0.3, -0.25) is 24.1 Å². The maximum Gasteiger partial charge on any atom is 0.328 e. The Hall–Kier alpha value is -1.94. The number of alkyl halides is 3. The number of β-lactam (4-membered cyclic amide) rings is 1. The molecule has 0 bridgehead atoms. The first-order chi connectivity index (χ1) is 14.5. The molecule has 3 unspecified atom stereocenters. The molecule has 0 spiro atoms. The summed E-state index contributed by atoms with van der Waals surface area (Å²) in [6, 6.07) is 7.41. The fraction of sp³-hybridized carbons (Fsp3) is 0.368. The third-order valence-electron chi connectivity index (χ3n) is 4.83. The third-order valence-corrected chi connectivity index (χ3v) is 6.75. The van der Waals surface area contributed by atoms with Crippen molar-refractivity contribution in [3.8, 4) is 0 Å². The Bertz CT molecular complexity index is 925. The summed E-state index contributed by atoms with van der Waals surface area (Å²) in [4.78, 5) is 50.1. The van der Waals surface area contributed by atoms with Crippen LogP contribution in [0.25, 0.3) is 0 Å². The molecule has 2 aliphatic rings. The molecule has 12 heteroatoms. The van der Waals surface area contributed by atoms with E-state index >= 15 is 0 Å². The van der Waals surface area contributed by atoms with Crippen LogP contribution in [0, 0.1) is 0 Å². The Balaban J connectivity index is 1.71. The van der Waals surface area contributed by atoms with Gasteiger partial charge in [0.05, 0.1) is 0 Å². The van der Waals surface area contributed by atoms with Gasteiger partial charge in [0.2, 0.25) is 9.90 Å². The summed E-state index contributed by atoms with van der Waals surface area (Å²) in [5.74, 6) is -1.85. The fourth-order valence-electron chi connectivity index (χ4n) is 3.20. The molecule has 2 fully saturated rings. The lowest BCUT2D eigenvalue weighted by Crippen LogP contribution is -2.67. The van der Waals surface area contributed by atoms with Gasteiger partial charge in [-0.05, 0) is 6.92 Å². The van der Waals surface area contributed by atoms with E-state index in [2.05, 4.69) is 11.9 Å². The first kappa shape index (κ1) is 23.7. The highest BCUT2D eigenvalue weighted by Crippen LogP contribution is 2.53. The first-order valence-electron chi connectivity index (χ1n) is 8.88. The first-order valence-corrected chi connectivity index (χ1v) is 10.9. The molecule has 3 rings (SSSR count). The second-order valence-corrected chi connectivity index (χ2v) is 10.9. The average Bonchev–Trinajstić information content (AvgIpc) is 2.97. The average molecular weight is 508 g/mol. The van der Waals surface area contributed by atoms with Crippen LogP contribution in [0.2, 0.25) is 0 Å². The smallest absolute Gasteiger partial charge is 0.328 e. The van der Waals surface area contributed by atoms with Crippen LogP contribution >= 0.6 is 46.6 Å². The maximum absolute atomic E-state index is 12.7. The number of hydrogen-bond acceptors (Lipinski definition) is 7. The normalized spacial score (nSPS) is 25.9. The van der Waals surface area contributed by atoms with Crippen molar-refractivity contribution in [2.75, 3.05) is 6.61 Å². The van der Waals surface area contributed by atoms with Crippen LogP contribution in [0.4, 0.5) is 0 Å². The number of nitrogens with zero attached hydrogens (tertiary/aromatic N) is 1. The lowest BCUT2D eigenvalue weighted by Gasteiger charge is -2.42. The topological polar surface area (TPSA) is 102 Å². The number of carbonyl (C=O) groups excluding carboxylic acids is 4. The number of halogens is 3. The van der Waals surface area contributed by atoms with Gasteiger partial charge in [0.1, 0.15) is 18.0 Å². The van der Waals surface area contributed by atoms with Crippen LogP contribution in [-0.4, -0.2) is 55.7 Å². The lowest BCUT2D eigenvalue weighted by molar-refractivity contribution is -0.151. The van der Waals surface area contributed by atoms with Gasteiger partial charge in [0.25, 0.3) is 18.3 Å². The molecule has 166 valence electrons. The molecule has 2 heterocycles. The number of thioether (sulfide) groups is 1. The zero-order valence-corrected chi connectivity index (χ0v) is 19.1. The number of carbonyl (C=O) groups is 4. The standard InChI is InChI=1S/C19H17Cl3N2O6S/c1-10-18(2,17(28)29-8-19(20,21)22)31-16-12(15(27)24(10)16)23-14(26)13(30-9-25)11-6-4-3-5-7-11/h3-7,9,12-13,16H,1,8H2,2H3,(H,23,26)/t12?,13?,16-,18?/m1/s1. The summed E-state index contributed by atoms with van der Waals surface area (Å²) < 4.78 is 6.89. The van der Waals surface area contributed by atoms with Crippen molar-refractivity contribution in [1.29, 1.82) is 0 Å². The molecule has 2 aliphatic heterocycles. The van der Waals surface area contributed by atoms with E-state index in [0.29, 0.717) is 5.56 Å². The molecular weight excluding hydrogens is 491 g/mol. The van der Waals surface area contributed by atoms with E-state index in [9.17, 15) is 19.2 Å². The Kier molecular flexibility index (Phi) is 6.81. The monoisotopic (exact) mass is 506 g/mol. The van der Waals surface area contributed by atoms with Gasteiger partial charge < -0.3 is 14.8 Å². The van der Waals surface area contributed by atoms with Crippen LogP contribution in [0.15, 0.2) is 42.6 Å². The molecule has 0 radical (unpaired) electrons. The highest BCUT2D eigenvalue weighted by atomic mass is 35.6. The molecule has 2 saturated heterocycles. The van der Waals surface area contributed by atoms with Crippen LogP contribution in [0.3, 0.4) is 0 Å². The summed E-state index contributed by atoms with van der Waals surface area (Å²) in [5.41, 5.74) is 0.649. The molecule has 0 aromatic heterocycles. The largest absolute Gasteiger partial charge is 0.460 e. The molecular formula is C19H17Cl3N2O6S. The molecule has 1 aromatic carbocycles. The summed E-state index contributed by atoms with van der Waals surface area (Å²) in [5, 5.41) is 1.99. The van der Waals surface area contributed by atoms with E-state index in [-0.39, 0.29) is 12.2 Å². The minimum Gasteiger partial charge on any atom is -0.460 e. The number of nitrogens with one attached hydrogen (secondary N) is 1. The molecule has 4 atom stereocenters. The van der Waals surface area contributed by atoms with Gasteiger partial charge in [-0.25, -0.2) is 0 Å². The van der Waals surface area contributed by atoms with Gasteiger partial charge in [0.15, 0.2) is 4.75 Å². The number of esters is 1. The van der Waals surface area contributed by atoms with Gasteiger partial charge in [-0.1, -0.05) is 71.7 Å². The van der Waals surface area contributed by atoms with Crippen LogP contribution in [-0.2, 0) is 28.7 Å². The van der Waals surface area contributed by atoms with E-state index in [1.54, 1.807) is 30.3 Å². The molecule has 1 aromatic rings. The number of amides is 2. The minimum absolute atomic E-state index is 0.163. The van der Waals surface area contributed by atoms with Gasteiger partial charge in [-0.2, -0.15) is 0 Å². The number of hydrogen-bond donors (Lipinski definition) is 1. The number of benzene rings is 1. The van der Waals surface area contributed by atoms with E-state index < -0.39 is 50.4 Å². The van der Waals surface area contributed by atoms with Crippen LogP contribution in [0.5, 0.6) is 0 Å². The van der Waals surface area contributed by atoms with Crippen molar-refractivity contribution in [1.82, 2.24) is 10.2 Å². The fourth-order valence-corrected chi connectivity index (χ4v) is 4.89. The highest BCUT2D eigenvalue weighted by molar-refractivity contribution is 8.02.